The van der Waals surface area contributed by atoms with Gasteiger partial charge >= 0.3 is 0 Å². The van der Waals surface area contributed by atoms with E-state index in [0.29, 0.717) is 30.4 Å². The second kappa shape index (κ2) is 14.3. The zero-order valence-corrected chi connectivity index (χ0v) is 29.1. The van der Waals surface area contributed by atoms with Crippen molar-refractivity contribution in [3.63, 3.8) is 0 Å². The number of hydrogen-bond acceptors (Lipinski definition) is 8. The number of benzene rings is 3. The van der Waals surface area contributed by atoms with E-state index in [1.165, 1.54) is 11.8 Å². The Labute approximate surface area is 301 Å². The molecule has 1 N–H and O–H groups in total. The Morgan fingerprint density at radius 2 is 1.65 bits per heavy atom. The minimum Gasteiger partial charge on any atom is -0.378 e. The molecule has 51 heavy (non-hydrogen) atoms. The maximum atomic E-state index is 14.0. The monoisotopic (exact) mass is 700 g/mol. The van der Waals surface area contributed by atoms with Crippen molar-refractivity contribution in [3.05, 3.63) is 120 Å². The van der Waals surface area contributed by atoms with E-state index in [0.717, 1.165) is 73.8 Å². The number of aliphatic imine (C=N–C) groups is 1. The molecule has 4 aromatic rings. The number of amides is 3. The van der Waals surface area contributed by atoms with Crippen LogP contribution in [-0.4, -0.2) is 76.6 Å². The van der Waals surface area contributed by atoms with Gasteiger partial charge in [0.15, 0.2) is 5.17 Å². The lowest BCUT2D eigenvalue weighted by molar-refractivity contribution is -0.138. The second-order valence-corrected chi connectivity index (χ2v) is 14.5. The lowest BCUT2D eigenvalue weighted by Crippen LogP contribution is -2.47. The molecule has 4 aliphatic rings. The van der Waals surface area contributed by atoms with E-state index >= 15 is 0 Å². The highest BCUT2D eigenvalue weighted by molar-refractivity contribution is 8.15. The van der Waals surface area contributed by atoms with E-state index in [1.807, 2.05) is 84.9 Å². The molecule has 1 aliphatic carbocycles. The number of amidine groups is 1. The Morgan fingerprint density at radius 1 is 0.902 bits per heavy atom. The van der Waals surface area contributed by atoms with E-state index in [4.69, 9.17) is 9.73 Å². The highest BCUT2D eigenvalue weighted by Crippen LogP contribution is 2.50. The number of carbonyl (C=O) groups excluding carboxylic acids is 3. The SMILES string of the molecule is O=C(Nc1ccc(C2S/C(=N\c3ccc(N4CCOCC4)cc3)N(Cc3ccccn3)C2=O)cc1)[C@@H]1CCCN1C(=O)C1(c2ccccc2)CC1. The van der Waals surface area contributed by atoms with Crippen LogP contribution >= 0.6 is 11.8 Å². The van der Waals surface area contributed by atoms with E-state index in [1.54, 1.807) is 16.0 Å². The molecule has 4 heterocycles. The summed E-state index contributed by atoms with van der Waals surface area (Å²) in [5.74, 6) is -0.197. The minimum atomic E-state index is -0.507. The summed E-state index contributed by atoms with van der Waals surface area (Å²) in [7, 11) is 0. The van der Waals surface area contributed by atoms with Gasteiger partial charge < -0.3 is 19.9 Å². The highest BCUT2D eigenvalue weighted by Gasteiger charge is 2.55. The van der Waals surface area contributed by atoms with Gasteiger partial charge in [0.25, 0.3) is 0 Å². The van der Waals surface area contributed by atoms with Crippen molar-refractivity contribution < 1.29 is 19.1 Å². The summed E-state index contributed by atoms with van der Waals surface area (Å²) in [6.07, 6.45) is 4.78. The summed E-state index contributed by atoms with van der Waals surface area (Å²) >= 11 is 1.42. The molecule has 0 bridgehead atoms. The highest BCUT2D eigenvalue weighted by atomic mass is 32.2. The Kier molecular flexibility index (Phi) is 9.31. The number of aromatic nitrogens is 1. The molecular formula is C40H40N6O4S. The molecule has 1 saturated carbocycles. The Morgan fingerprint density at radius 3 is 2.35 bits per heavy atom. The largest absolute Gasteiger partial charge is 0.378 e. The molecule has 1 aromatic heterocycles. The molecule has 3 amide bonds. The molecular weight excluding hydrogens is 661 g/mol. The third kappa shape index (κ3) is 6.88. The van der Waals surface area contributed by atoms with Crippen LogP contribution in [0.1, 0.15) is 47.8 Å². The fraction of sp³-hybridized carbons (Fsp3) is 0.325. The summed E-state index contributed by atoms with van der Waals surface area (Å²) in [5.41, 5.74) is 4.64. The van der Waals surface area contributed by atoms with Crippen LogP contribution in [-0.2, 0) is 31.1 Å². The summed E-state index contributed by atoms with van der Waals surface area (Å²) in [6, 6.07) is 30.6. The van der Waals surface area contributed by atoms with Gasteiger partial charge in [0, 0.05) is 37.2 Å². The molecule has 2 atom stereocenters. The van der Waals surface area contributed by atoms with Crippen LogP contribution in [0.5, 0.6) is 0 Å². The van der Waals surface area contributed by atoms with E-state index in [9.17, 15) is 14.4 Å². The molecule has 8 rings (SSSR count). The zero-order chi connectivity index (χ0) is 34.8. The predicted molar refractivity (Wildman–Crippen MR) is 199 cm³/mol. The van der Waals surface area contributed by atoms with Crippen molar-refractivity contribution in [2.24, 2.45) is 4.99 Å². The Bertz CT molecular complexity index is 1910. The van der Waals surface area contributed by atoms with Crippen molar-refractivity contribution >= 4 is 51.7 Å². The van der Waals surface area contributed by atoms with Gasteiger partial charge in [-0.1, -0.05) is 60.3 Å². The number of nitrogens with one attached hydrogen (secondary N) is 1. The van der Waals surface area contributed by atoms with Crippen molar-refractivity contribution in [1.29, 1.82) is 0 Å². The molecule has 4 fully saturated rings. The number of rotatable bonds is 9. The van der Waals surface area contributed by atoms with Gasteiger partial charge in [-0.25, -0.2) is 4.99 Å². The Balaban J connectivity index is 0.967. The van der Waals surface area contributed by atoms with Crippen LogP contribution in [0.25, 0.3) is 0 Å². The first-order valence-electron chi connectivity index (χ1n) is 17.7. The number of carbonyl (C=O) groups is 3. The minimum absolute atomic E-state index is 0.0549. The van der Waals surface area contributed by atoms with Crippen LogP contribution in [0.15, 0.2) is 108 Å². The van der Waals surface area contributed by atoms with Crippen LogP contribution in [0.3, 0.4) is 0 Å². The van der Waals surface area contributed by atoms with Crippen LogP contribution < -0.4 is 10.2 Å². The average molecular weight is 701 g/mol. The first-order chi connectivity index (χ1) is 25.0. The standard InChI is InChI=1S/C40H40N6O4S/c47-36(34-10-6-22-45(34)38(49)40(19-20-40)29-7-2-1-3-8-29)42-30-13-11-28(12-14-30)35-37(48)46(27-32-9-4-5-21-41-32)39(51-35)43-31-15-17-33(18-16-31)44-23-25-50-26-24-44/h1-5,7-9,11-18,21,34-35H,6,10,19-20,22-27H2,(H,42,47)/b43-39-/t34-,35?/m0/s1. The third-order valence-electron chi connectivity index (χ3n) is 10.2. The number of hydrogen-bond donors (Lipinski definition) is 1. The maximum absolute atomic E-state index is 14.0. The van der Waals surface area contributed by atoms with Crippen molar-refractivity contribution in [2.45, 2.75) is 48.9 Å². The summed E-state index contributed by atoms with van der Waals surface area (Å²) in [4.78, 5) is 56.5. The van der Waals surface area contributed by atoms with Gasteiger partial charge in [-0.05, 0) is 85.3 Å². The van der Waals surface area contributed by atoms with Crippen LogP contribution in [0, 0.1) is 0 Å². The quantitative estimate of drug-likeness (QED) is 0.226. The van der Waals surface area contributed by atoms with Gasteiger partial charge in [-0.2, -0.15) is 0 Å². The predicted octanol–water partition coefficient (Wildman–Crippen LogP) is 6.08. The Hall–Kier alpha value is -5.00. The fourth-order valence-corrected chi connectivity index (χ4v) is 8.43. The average Bonchev–Trinajstić information content (AvgIpc) is 3.75. The zero-order valence-electron chi connectivity index (χ0n) is 28.3. The van der Waals surface area contributed by atoms with Crippen LogP contribution in [0.2, 0.25) is 0 Å². The molecule has 0 spiro atoms. The van der Waals surface area contributed by atoms with Gasteiger partial charge in [0.1, 0.15) is 11.3 Å². The van der Waals surface area contributed by atoms with Gasteiger partial charge in [-0.15, -0.1) is 0 Å². The molecule has 0 radical (unpaired) electrons. The third-order valence-corrected chi connectivity index (χ3v) is 11.5. The molecule has 3 aromatic carbocycles. The van der Waals surface area contributed by atoms with Crippen molar-refractivity contribution in [2.75, 3.05) is 43.1 Å². The molecule has 1 unspecified atom stereocenters. The number of pyridine rings is 1. The number of thioether (sulfide) groups is 1. The van der Waals surface area contributed by atoms with Crippen molar-refractivity contribution in [3.8, 4) is 0 Å². The number of morpholine rings is 1. The first-order valence-corrected chi connectivity index (χ1v) is 18.5. The van der Waals surface area contributed by atoms with E-state index in [-0.39, 0.29) is 17.7 Å². The number of likely N-dealkylation sites (tertiary alicyclic amines) is 1. The number of nitrogens with zero attached hydrogens (tertiary/aromatic N) is 5. The van der Waals surface area contributed by atoms with Gasteiger partial charge in [0.2, 0.25) is 17.7 Å². The lowest BCUT2D eigenvalue weighted by atomic mass is 9.94. The topological polar surface area (TPSA) is 107 Å². The van der Waals surface area contributed by atoms with E-state index in [2.05, 4.69) is 27.3 Å². The second-order valence-electron chi connectivity index (χ2n) is 13.5. The molecule has 10 nitrogen and oxygen atoms in total. The summed E-state index contributed by atoms with van der Waals surface area (Å²) in [6.45, 7) is 4.04. The lowest BCUT2D eigenvalue weighted by Gasteiger charge is -2.28. The van der Waals surface area contributed by atoms with Gasteiger partial charge in [-0.3, -0.25) is 24.3 Å². The number of anilines is 2. The molecule has 3 saturated heterocycles. The normalized spacial score (nSPS) is 22.0. The molecule has 260 valence electrons. The molecule has 3 aliphatic heterocycles. The van der Waals surface area contributed by atoms with Crippen molar-refractivity contribution in [1.82, 2.24) is 14.8 Å². The smallest absolute Gasteiger partial charge is 0.247 e. The summed E-state index contributed by atoms with van der Waals surface area (Å²) < 4.78 is 5.49. The molecule has 11 heteroatoms. The summed E-state index contributed by atoms with van der Waals surface area (Å²) in [5, 5.41) is 3.16. The van der Waals surface area contributed by atoms with Crippen LogP contribution in [0.4, 0.5) is 17.1 Å². The van der Waals surface area contributed by atoms with Gasteiger partial charge in [0.05, 0.1) is 36.6 Å². The van der Waals surface area contributed by atoms with E-state index < -0.39 is 16.7 Å². The number of ether oxygens (including phenoxy) is 1. The first kappa shape index (κ1) is 33.2. The fourth-order valence-electron chi connectivity index (χ4n) is 7.25. The maximum Gasteiger partial charge on any atom is 0.247 e.